The van der Waals surface area contributed by atoms with Crippen LogP contribution in [0.15, 0.2) is 71.6 Å². The van der Waals surface area contributed by atoms with Crippen LogP contribution in [0, 0.1) is 18.3 Å². The molecule has 0 unspecified atom stereocenters. The molecule has 0 saturated carbocycles. The predicted octanol–water partition coefficient (Wildman–Crippen LogP) is 4.94. The Morgan fingerprint density at radius 3 is 2.42 bits per heavy atom. The monoisotopic (exact) mass is 463 g/mol. The van der Waals surface area contributed by atoms with Gasteiger partial charge in [-0.05, 0) is 61.0 Å². The summed E-state index contributed by atoms with van der Waals surface area (Å²) in [6, 6.07) is 20.0. The van der Waals surface area contributed by atoms with Gasteiger partial charge in [-0.25, -0.2) is 8.42 Å². The van der Waals surface area contributed by atoms with Crippen LogP contribution in [0.25, 0.3) is 0 Å². The molecule has 170 valence electrons. The van der Waals surface area contributed by atoms with Crippen molar-refractivity contribution in [3.8, 4) is 17.6 Å². The lowest BCUT2D eigenvalue weighted by atomic mass is 10.1. The van der Waals surface area contributed by atoms with Crippen molar-refractivity contribution in [2.75, 3.05) is 18.4 Å². The van der Waals surface area contributed by atoms with Crippen LogP contribution in [0.5, 0.6) is 11.5 Å². The zero-order valence-corrected chi connectivity index (χ0v) is 19.5. The third-order valence-corrected chi connectivity index (χ3v) is 7.06. The summed E-state index contributed by atoms with van der Waals surface area (Å²) in [7, 11) is -3.75. The van der Waals surface area contributed by atoms with Gasteiger partial charge in [0.25, 0.3) is 5.91 Å². The van der Waals surface area contributed by atoms with Gasteiger partial charge in [-0.3, -0.25) is 4.79 Å². The normalized spacial score (nSPS) is 11.1. The maximum absolute atomic E-state index is 13.0. The summed E-state index contributed by atoms with van der Waals surface area (Å²) in [5.74, 6) is 0.360. The van der Waals surface area contributed by atoms with Crippen molar-refractivity contribution in [2.45, 2.75) is 25.7 Å². The first-order valence-corrected chi connectivity index (χ1v) is 11.9. The van der Waals surface area contributed by atoms with Crippen molar-refractivity contribution in [2.24, 2.45) is 0 Å². The van der Waals surface area contributed by atoms with Gasteiger partial charge in [0.05, 0.1) is 22.2 Å². The molecule has 3 aromatic rings. The van der Waals surface area contributed by atoms with Gasteiger partial charge in [-0.2, -0.15) is 9.57 Å². The summed E-state index contributed by atoms with van der Waals surface area (Å²) < 4.78 is 33.4. The molecule has 0 saturated heterocycles. The van der Waals surface area contributed by atoms with Crippen molar-refractivity contribution < 1.29 is 17.9 Å². The minimum Gasteiger partial charge on any atom is -0.455 e. The van der Waals surface area contributed by atoms with Crippen LogP contribution in [0.4, 0.5) is 5.69 Å². The Morgan fingerprint density at radius 2 is 1.76 bits per heavy atom. The van der Waals surface area contributed by atoms with E-state index in [0.29, 0.717) is 30.2 Å². The Morgan fingerprint density at radius 1 is 1.03 bits per heavy atom. The summed E-state index contributed by atoms with van der Waals surface area (Å²) in [4.78, 5) is 13.0. The average Bonchev–Trinajstić information content (AvgIpc) is 2.80. The summed E-state index contributed by atoms with van der Waals surface area (Å²) in [5, 5.41) is 11.9. The number of anilines is 1. The molecule has 0 atom stereocenters. The first kappa shape index (κ1) is 24.0. The molecule has 3 rings (SSSR count). The molecule has 0 heterocycles. The summed E-state index contributed by atoms with van der Waals surface area (Å²) in [6.07, 6.45) is 0. The van der Waals surface area contributed by atoms with E-state index in [4.69, 9.17) is 10.00 Å². The molecular formula is C25H25N3O4S. The summed E-state index contributed by atoms with van der Waals surface area (Å²) >= 11 is 0. The van der Waals surface area contributed by atoms with E-state index in [1.54, 1.807) is 38.1 Å². The zero-order valence-electron chi connectivity index (χ0n) is 18.7. The van der Waals surface area contributed by atoms with E-state index < -0.39 is 15.9 Å². The van der Waals surface area contributed by atoms with E-state index in [-0.39, 0.29) is 16.1 Å². The highest BCUT2D eigenvalue weighted by Crippen LogP contribution is 2.33. The zero-order chi connectivity index (χ0) is 24.0. The molecule has 0 radical (unpaired) electrons. The first-order chi connectivity index (χ1) is 15.8. The fraction of sp³-hybridized carbons (Fsp3) is 0.200. The van der Waals surface area contributed by atoms with E-state index in [9.17, 15) is 13.2 Å². The van der Waals surface area contributed by atoms with Crippen molar-refractivity contribution in [3.05, 3.63) is 83.4 Å². The highest BCUT2D eigenvalue weighted by molar-refractivity contribution is 7.89. The van der Waals surface area contributed by atoms with Gasteiger partial charge >= 0.3 is 0 Å². The van der Waals surface area contributed by atoms with E-state index in [1.807, 2.05) is 31.2 Å². The smallest absolute Gasteiger partial charge is 0.255 e. The average molecular weight is 464 g/mol. The fourth-order valence-electron chi connectivity index (χ4n) is 3.30. The minimum atomic E-state index is -3.75. The summed E-state index contributed by atoms with van der Waals surface area (Å²) in [6.45, 7) is 6.10. The first-order valence-electron chi connectivity index (χ1n) is 10.5. The van der Waals surface area contributed by atoms with Crippen LogP contribution in [0.2, 0.25) is 0 Å². The lowest BCUT2D eigenvalue weighted by Crippen LogP contribution is -2.30. The van der Waals surface area contributed by atoms with Gasteiger partial charge in [0.2, 0.25) is 10.0 Å². The number of benzene rings is 3. The number of nitrogens with one attached hydrogen (secondary N) is 1. The second-order valence-electron chi connectivity index (χ2n) is 7.31. The van der Waals surface area contributed by atoms with Crippen LogP contribution in [-0.2, 0) is 10.0 Å². The van der Waals surface area contributed by atoms with Gasteiger partial charge in [0.1, 0.15) is 5.75 Å². The Hall–Kier alpha value is -3.67. The number of hydrogen-bond donors (Lipinski definition) is 1. The quantitative estimate of drug-likeness (QED) is 0.510. The second kappa shape index (κ2) is 10.3. The van der Waals surface area contributed by atoms with Gasteiger partial charge in [0.15, 0.2) is 5.75 Å². The number of sulfonamides is 1. The molecule has 0 spiro atoms. The van der Waals surface area contributed by atoms with Gasteiger partial charge < -0.3 is 10.1 Å². The molecule has 0 aliphatic carbocycles. The van der Waals surface area contributed by atoms with Crippen LogP contribution in [0.3, 0.4) is 0 Å². The highest BCUT2D eigenvalue weighted by Gasteiger charge is 2.24. The van der Waals surface area contributed by atoms with Crippen LogP contribution < -0.4 is 10.1 Å². The van der Waals surface area contributed by atoms with Gasteiger partial charge in [-0.1, -0.05) is 32.0 Å². The van der Waals surface area contributed by atoms with Crippen molar-refractivity contribution in [1.82, 2.24) is 4.31 Å². The third-order valence-electron chi connectivity index (χ3n) is 5.01. The van der Waals surface area contributed by atoms with Crippen molar-refractivity contribution in [3.63, 3.8) is 0 Å². The Balaban J connectivity index is 2.04. The number of nitriles is 1. The molecule has 1 amide bonds. The molecule has 0 bridgehead atoms. The maximum Gasteiger partial charge on any atom is 0.255 e. The number of hydrogen-bond acceptors (Lipinski definition) is 5. The standard InChI is InChI=1S/C25H25N3O4S/c1-4-28(5-2)33(30,31)22-12-13-24(32-21-11-6-8-18(3)14-21)23(16-22)27-25(29)20-10-7-9-19(15-20)17-26/h6-16H,4-5H2,1-3H3,(H,27,29). The second-order valence-corrected chi connectivity index (χ2v) is 9.25. The molecule has 1 N–H and O–H groups in total. The highest BCUT2D eigenvalue weighted by atomic mass is 32.2. The Kier molecular flexibility index (Phi) is 7.48. The largest absolute Gasteiger partial charge is 0.455 e. The fourth-order valence-corrected chi connectivity index (χ4v) is 4.78. The van der Waals surface area contributed by atoms with Crippen molar-refractivity contribution >= 4 is 21.6 Å². The van der Waals surface area contributed by atoms with Crippen LogP contribution in [0.1, 0.15) is 35.3 Å². The minimum absolute atomic E-state index is 0.0452. The molecule has 0 aliphatic rings. The number of rotatable bonds is 8. The SMILES string of the molecule is CCN(CC)S(=O)(=O)c1ccc(Oc2cccc(C)c2)c(NC(=O)c2cccc(C#N)c2)c1. The maximum atomic E-state index is 13.0. The molecule has 33 heavy (non-hydrogen) atoms. The topological polar surface area (TPSA) is 99.5 Å². The third kappa shape index (κ3) is 5.58. The molecule has 7 nitrogen and oxygen atoms in total. The molecule has 3 aromatic carbocycles. The number of carbonyl (C=O) groups is 1. The summed E-state index contributed by atoms with van der Waals surface area (Å²) in [5.41, 5.74) is 1.81. The number of ether oxygens (including phenoxy) is 1. The molecular weight excluding hydrogens is 438 g/mol. The molecule has 0 fully saturated rings. The lowest BCUT2D eigenvalue weighted by molar-refractivity contribution is 0.102. The molecule has 0 aromatic heterocycles. The van der Waals surface area contributed by atoms with Gasteiger partial charge in [-0.15, -0.1) is 0 Å². The number of amides is 1. The van der Waals surface area contributed by atoms with E-state index >= 15 is 0 Å². The van der Waals surface area contributed by atoms with Gasteiger partial charge in [0, 0.05) is 18.7 Å². The van der Waals surface area contributed by atoms with E-state index in [2.05, 4.69) is 5.32 Å². The Labute approximate surface area is 194 Å². The number of carbonyl (C=O) groups excluding carboxylic acids is 1. The Bertz CT molecular complexity index is 1310. The predicted molar refractivity (Wildman–Crippen MR) is 127 cm³/mol. The van der Waals surface area contributed by atoms with Crippen molar-refractivity contribution in [1.29, 1.82) is 5.26 Å². The van der Waals surface area contributed by atoms with E-state index in [1.165, 1.54) is 28.6 Å². The lowest BCUT2D eigenvalue weighted by Gasteiger charge is -2.20. The number of aryl methyl sites for hydroxylation is 1. The molecule has 0 aliphatic heterocycles. The van der Waals surface area contributed by atoms with Crippen LogP contribution >= 0.6 is 0 Å². The van der Waals surface area contributed by atoms with E-state index in [0.717, 1.165) is 5.56 Å². The van der Waals surface area contributed by atoms with Crippen LogP contribution in [-0.4, -0.2) is 31.7 Å². The number of nitrogens with zero attached hydrogens (tertiary/aromatic N) is 2. The molecule has 8 heteroatoms.